The molecule has 0 aliphatic carbocycles. The fourth-order valence-electron chi connectivity index (χ4n) is 1.55. The van der Waals surface area contributed by atoms with Gasteiger partial charge in [0.15, 0.2) is 0 Å². The Morgan fingerprint density at radius 3 is 2.27 bits per heavy atom. The molecule has 1 atom stereocenters. The average molecular weight is 216 g/mol. The molecule has 0 heterocycles. The van der Waals surface area contributed by atoms with Crippen LogP contribution >= 0.6 is 0 Å². The van der Waals surface area contributed by atoms with E-state index >= 15 is 0 Å². The third kappa shape index (κ3) is 6.47. The van der Waals surface area contributed by atoms with Crippen LogP contribution in [0.1, 0.15) is 34.1 Å². The third-order valence-corrected chi connectivity index (χ3v) is 2.04. The second-order valence-corrected chi connectivity index (χ2v) is 5.24. The quantitative estimate of drug-likeness (QED) is 0.707. The van der Waals surface area contributed by atoms with E-state index in [1.165, 1.54) is 4.90 Å². The first-order chi connectivity index (χ1) is 6.63. The lowest BCUT2D eigenvalue weighted by atomic mass is 10.0. The van der Waals surface area contributed by atoms with Crippen LogP contribution < -0.4 is 5.73 Å². The van der Waals surface area contributed by atoms with Gasteiger partial charge in [0, 0.05) is 13.6 Å². The molecular weight excluding hydrogens is 192 g/mol. The summed E-state index contributed by atoms with van der Waals surface area (Å²) in [6.45, 7) is 7.71. The summed E-state index contributed by atoms with van der Waals surface area (Å²) >= 11 is 0. The first-order valence-corrected chi connectivity index (χ1v) is 5.36. The van der Waals surface area contributed by atoms with Crippen LogP contribution in [0.25, 0.3) is 0 Å². The molecule has 0 saturated carbocycles. The second kappa shape index (κ2) is 5.47. The molecule has 3 N–H and O–H groups in total. The lowest BCUT2D eigenvalue weighted by Gasteiger charge is -2.28. The predicted octanol–water partition coefficient (Wildman–Crippen LogP) is 0.589. The molecule has 0 aliphatic rings. The minimum absolute atomic E-state index is 0.106. The van der Waals surface area contributed by atoms with Crippen LogP contribution in [0.5, 0.6) is 0 Å². The topological polar surface area (TPSA) is 66.6 Å². The molecule has 0 spiro atoms. The summed E-state index contributed by atoms with van der Waals surface area (Å²) in [4.78, 5) is 13.2. The molecule has 0 aromatic heterocycles. The number of carbonyl (C=O) groups excluding carboxylic acids is 1. The van der Waals surface area contributed by atoms with Crippen molar-refractivity contribution in [3.05, 3.63) is 0 Å². The highest BCUT2D eigenvalue weighted by atomic mass is 16.3. The molecule has 90 valence electrons. The van der Waals surface area contributed by atoms with Gasteiger partial charge in [0.05, 0.1) is 11.6 Å². The number of nitrogens with zero attached hydrogens (tertiary/aromatic N) is 1. The van der Waals surface area contributed by atoms with Gasteiger partial charge >= 0.3 is 0 Å². The Kier molecular flexibility index (Phi) is 5.24. The van der Waals surface area contributed by atoms with E-state index in [9.17, 15) is 9.90 Å². The van der Waals surface area contributed by atoms with E-state index in [1.807, 2.05) is 13.8 Å². The highest BCUT2D eigenvalue weighted by Gasteiger charge is 2.23. The highest BCUT2D eigenvalue weighted by Crippen LogP contribution is 2.08. The molecule has 4 heteroatoms. The summed E-state index contributed by atoms with van der Waals surface area (Å²) in [6.07, 6.45) is 0.676. The zero-order valence-electron chi connectivity index (χ0n) is 10.4. The SMILES string of the molecule is CC(C)C[C@H](N)C(=O)N(C)CC(C)(C)O. The van der Waals surface area contributed by atoms with E-state index in [1.54, 1.807) is 20.9 Å². The number of likely N-dealkylation sites (N-methyl/N-ethyl adjacent to an activating group) is 1. The summed E-state index contributed by atoms with van der Waals surface area (Å²) in [5.41, 5.74) is 4.89. The Morgan fingerprint density at radius 2 is 1.93 bits per heavy atom. The first kappa shape index (κ1) is 14.4. The Morgan fingerprint density at radius 1 is 1.47 bits per heavy atom. The molecule has 0 radical (unpaired) electrons. The number of hydrogen-bond donors (Lipinski definition) is 2. The number of aliphatic hydroxyl groups is 1. The van der Waals surface area contributed by atoms with E-state index in [0.29, 0.717) is 18.9 Å². The van der Waals surface area contributed by atoms with Crippen molar-refractivity contribution >= 4 is 5.91 Å². The van der Waals surface area contributed by atoms with Gasteiger partial charge in [0.2, 0.25) is 5.91 Å². The van der Waals surface area contributed by atoms with Crippen molar-refractivity contribution in [1.29, 1.82) is 0 Å². The van der Waals surface area contributed by atoms with E-state index in [0.717, 1.165) is 0 Å². The minimum Gasteiger partial charge on any atom is -0.389 e. The maximum absolute atomic E-state index is 11.7. The summed E-state index contributed by atoms with van der Waals surface area (Å²) in [5, 5.41) is 9.57. The van der Waals surface area contributed by atoms with Crippen molar-refractivity contribution in [1.82, 2.24) is 4.90 Å². The van der Waals surface area contributed by atoms with E-state index in [4.69, 9.17) is 5.73 Å². The van der Waals surface area contributed by atoms with Gasteiger partial charge in [-0.15, -0.1) is 0 Å². The zero-order valence-corrected chi connectivity index (χ0v) is 10.4. The van der Waals surface area contributed by atoms with Crippen LogP contribution in [0.2, 0.25) is 0 Å². The van der Waals surface area contributed by atoms with Crippen LogP contribution in [0.3, 0.4) is 0 Å². The van der Waals surface area contributed by atoms with Crippen LogP contribution in [-0.2, 0) is 4.79 Å². The molecule has 1 amide bonds. The first-order valence-electron chi connectivity index (χ1n) is 5.36. The molecule has 4 nitrogen and oxygen atoms in total. The molecule has 0 aliphatic heterocycles. The van der Waals surface area contributed by atoms with Crippen LogP contribution in [0, 0.1) is 5.92 Å². The fraction of sp³-hybridized carbons (Fsp3) is 0.909. The molecule has 0 saturated heterocycles. The fourth-order valence-corrected chi connectivity index (χ4v) is 1.55. The van der Waals surface area contributed by atoms with Crippen molar-refractivity contribution in [2.75, 3.05) is 13.6 Å². The zero-order chi connectivity index (χ0) is 12.2. The smallest absolute Gasteiger partial charge is 0.239 e. The molecule has 0 fully saturated rings. The Labute approximate surface area is 92.4 Å². The Bertz CT molecular complexity index is 209. The van der Waals surface area contributed by atoms with Crippen molar-refractivity contribution < 1.29 is 9.90 Å². The number of nitrogens with two attached hydrogens (primary N) is 1. The van der Waals surface area contributed by atoms with Gasteiger partial charge in [-0.2, -0.15) is 0 Å². The lowest BCUT2D eigenvalue weighted by Crippen LogP contribution is -2.47. The number of rotatable bonds is 5. The summed E-state index contributed by atoms with van der Waals surface area (Å²) in [7, 11) is 1.67. The van der Waals surface area contributed by atoms with Gasteiger partial charge in [-0.3, -0.25) is 4.79 Å². The Hall–Kier alpha value is -0.610. The average Bonchev–Trinajstić information content (AvgIpc) is 1.98. The highest BCUT2D eigenvalue weighted by molar-refractivity contribution is 5.81. The Balaban J connectivity index is 4.20. The van der Waals surface area contributed by atoms with E-state index < -0.39 is 11.6 Å². The lowest BCUT2D eigenvalue weighted by molar-refractivity contribution is -0.134. The second-order valence-electron chi connectivity index (χ2n) is 5.24. The van der Waals surface area contributed by atoms with Crippen LogP contribution in [-0.4, -0.2) is 41.1 Å². The van der Waals surface area contributed by atoms with Gasteiger partial charge in [0.1, 0.15) is 0 Å². The number of hydrogen-bond acceptors (Lipinski definition) is 3. The third-order valence-electron chi connectivity index (χ3n) is 2.04. The largest absolute Gasteiger partial charge is 0.389 e. The molecular formula is C11H24N2O2. The minimum atomic E-state index is -0.873. The van der Waals surface area contributed by atoms with Crippen LogP contribution in [0.15, 0.2) is 0 Å². The number of amides is 1. The van der Waals surface area contributed by atoms with Gasteiger partial charge in [0.25, 0.3) is 0 Å². The predicted molar refractivity (Wildman–Crippen MR) is 61.4 cm³/mol. The van der Waals surface area contributed by atoms with Crippen molar-refractivity contribution in [3.8, 4) is 0 Å². The maximum Gasteiger partial charge on any atom is 0.239 e. The van der Waals surface area contributed by atoms with E-state index in [-0.39, 0.29) is 5.91 Å². The van der Waals surface area contributed by atoms with Crippen molar-refractivity contribution in [2.45, 2.75) is 45.8 Å². The molecule has 0 bridgehead atoms. The molecule has 15 heavy (non-hydrogen) atoms. The van der Waals surface area contributed by atoms with E-state index in [2.05, 4.69) is 0 Å². The van der Waals surface area contributed by atoms with Crippen LogP contribution in [0.4, 0.5) is 0 Å². The van der Waals surface area contributed by atoms with Gasteiger partial charge in [-0.05, 0) is 26.2 Å². The molecule has 0 unspecified atom stereocenters. The van der Waals surface area contributed by atoms with Gasteiger partial charge in [-0.1, -0.05) is 13.8 Å². The summed E-state index contributed by atoms with van der Waals surface area (Å²) in [6, 6.07) is -0.461. The standard InChI is InChI=1S/C11H24N2O2/c1-8(2)6-9(12)10(14)13(5)7-11(3,4)15/h8-9,15H,6-7,12H2,1-5H3/t9-/m0/s1. The van der Waals surface area contributed by atoms with Crippen molar-refractivity contribution in [2.24, 2.45) is 11.7 Å². The van der Waals surface area contributed by atoms with Crippen molar-refractivity contribution in [3.63, 3.8) is 0 Å². The number of carbonyl (C=O) groups is 1. The normalized spacial score (nSPS) is 14.1. The molecule has 0 aromatic carbocycles. The molecule has 0 rings (SSSR count). The van der Waals surface area contributed by atoms with Gasteiger partial charge < -0.3 is 15.7 Å². The molecule has 0 aromatic rings. The maximum atomic E-state index is 11.7. The summed E-state index contributed by atoms with van der Waals surface area (Å²) in [5.74, 6) is 0.297. The summed E-state index contributed by atoms with van der Waals surface area (Å²) < 4.78 is 0. The van der Waals surface area contributed by atoms with Gasteiger partial charge in [-0.25, -0.2) is 0 Å². The monoisotopic (exact) mass is 216 g/mol.